The van der Waals surface area contributed by atoms with Crippen LogP contribution in [0.3, 0.4) is 0 Å². The van der Waals surface area contributed by atoms with E-state index in [0.717, 1.165) is 6.07 Å². The largest absolute Gasteiger partial charge is 0.326 e. The minimum atomic E-state index is -4.04. The van der Waals surface area contributed by atoms with Crippen molar-refractivity contribution in [3.05, 3.63) is 70.8 Å². The van der Waals surface area contributed by atoms with Crippen LogP contribution in [-0.2, 0) is 14.8 Å². The van der Waals surface area contributed by atoms with Crippen LogP contribution in [0.2, 0.25) is 0 Å². The average molecular weight is 385 g/mol. The van der Waals surface area contributed by atoms with Gasteiger partial charge in [0.05, 0.1) is 15.5 Å². The van der Waals surface area contributed by atoms with E-state index in [1.165, 1.54) is 19.1 Å². The second-order valence-electron chi connectivity index (χ2n) is 5.72. The highest BCUT2D eigenvalue weighted by molar-refractivity contribution is 7.92. The van der Waals surface area contributed by atoms with E-state index in [1.54, 1.807) is 42.5 Å². The predicted octanol–water partition coefficient (Wildman–Crippen LogP) is 3.51. The first-order valence-electron chi connectivity index (χ1n) is 7.85. The molecule has 3 rings (SSSR count). The molecule has 3 aromatic carbocycles. The Morgan fingerprint density at radius 3 is 2.19 bits per heavy atom. The first kappa shape index (κ1) is 18.3. The van der Waals surface area contributed by atoms with Crippen LogP contribution in [-0.4, -0.2) is 19.2 Å². The Morgan fingerprint density at radius 2 is 1.59 bits per heavy atom. The van der Waals surface area contributed by atoms with Crippen molar-refractivity contribution in [3.8, 4) is 0 Å². The summed E-state index contributed by atoms with van der Waals surface area (Å²) >= 11 is 0. The molecule has 138 valence electrons. The Balaban J connectivity index is 2.24. The molecule has 9 heteroatoms. The van der Waals surface area contributed by atoms with E-state index >= 15 is 0 Å². The number of anilines is 2. The molecule has 0 radical (unpaired) electrons. The zero-order chi connectivity index (χ0) is 19.6. The number of amides is 1. The molecule has 0 heterocycles. The molecule has 0 aliphatic rings. The standard InChI is InChI=1S/C18H15N3O5S/c1-12(22)19-16-11-17(21(23)24)18(15-10-6-5-9-14(15)16)20-27(25,26)13-7-3-2-4-8-13/h2-11,20H,1H3,(H,19,22). The zero-order valence-electron chi connectivity index (χ0n) is 14.2. The maximum atomic E-state index is 12.7. The molecule has 0 aliphatic carbocycles. The van der Waals surface area contributed by atoms with Crippen LogP contribution in [0.1, 0.15) is 6.92 Å². The summed E-state index contributed by atoms with van der Waals surface area (Å²) in [4.78, 5) is 22.3. The van der Waals surface area contributed by atoms with Crippen LogP contribution in [0.15, 0.2) is 65.6 Å². The van der Waals surface area contributed by atoms with Gasteiger partial charge in [-0.2, -0.15) is 0 Å². The number of nitro benzene ring substituents is 1. The van der Waals surface area contributed by atoms with E-state index in [-0.39, 0.29) is 16.3 Å². The van der Waals surface area contributed by atoms with E-state index in [4.69, 9.17) is 0 Å². The van der Waals surface area contributed by atoms with Crippen LogP contribution >= 0.6 is 0 Å². The van der Waals surface area contributed by atoms with Gasteiger partial charge in [0, 0.05) is 23.8 Å². The monoisotopic (exact) mass is 385 g/mol. The van der Waals surface area contributed by atoms with E-state index in [2.05, 4.69) is 10.0 Å². The third kappa shape index (κ3) is 3.72. The van der Waals surface area contributed by atoms with Crippen LogP contribution < -0.4 is 10.0 Å². The number of carbonyl (C=O) groups excluding carboxylic acids is 1. The minimum Gasteiger partial charge on any atom is -0.326 e. The number of hydrogen-bond donors (Lipinski definition) is 2. The molecule has 0 saturated carbocycles. The maximum absolute atomic E-state index is 12.7. The molecule has 0 aliphatic heterocycles. The fourth-order valence-corrected chi connectivity index (χ4v) is 3.81. The molecule has 27 heavy (non-hydrogen) atoms. The topological polar surface area (TPSA) is 118 Å². The van der Waals surface area contributed by atoms with Crippen molar-refractivity contribution in [2.45, 2.75) is 11.8 Å². The van der Waals surface area contributed by atoms with Gasteiger partial charge in [-0.15, -0.1) is 0 Å². The molecule has 0 atom stereocenters. The summed E-state index contributed by atoms with van der Waals surface area (Å²) in [7, 11) is -4.04. The van der Waals surface area contributed by atoms with Crippen LogP contribution in [0.4, 0.5) is 17.1 Å². The van der Waals surface area contributed by atoms with Crippen molar-refractivity contribution in [2.75, 3.05) is 10.0 Å². The van der Waals surface area contributed by atoms with Crippen molar-refractivity contribution in [2.24, 2.45) is 0 Å². The SMILES string of the molecule is CC(=O)Nc1cc([N+](=O)[O-])c(NS(=O)(=O)c2ccccc2)c2ccccc12. The van der Waals surface area contributed by atoms with E-state index in [9.17, 15) is 23.3 Å². The highest BCUT2D eigenvalue weighted by Gasteiger charge is 2.25. The van der Waals surface area contributed by atoms with Crippen LogP contribution in [0.25, 0.3) is 10.8 Å². The summed E-state index contributed by atoms with van der Waals surface area (Å²) < 4.78 is 27.7. The lowest BCUT2D eigenvalue weighted by Crippen LogP contribution is -2.15. The number of nitrogens with one attached hydrogen (secondary N) is 2. The Bertz CT molecular complexity index is 1140. The van der Waals surface area contributed by atoms with Crippen molar-refractivity contribution in [1.29, 1.82) is 0 Å². The summed E-state index contributed by atoms with van der Waals surface area (Å²) in [5.41, 5.74) is -0.391. The van der Waals surface area contributed by atoms with Gasteiger partial charge in [0.1, 0.15) is 5.69 Å². The van der Waals surface area contributed by atoms with Gasteiger partial charge in [0.2, 0.25) is 5.91 Å². The summed E-state index contributed by atoms with van der Waals surface area (Å²) in [5.74, 6) is -0.396. The maximum Gasteiger partial charge on any atom is 0.296 e. The molecule has 0 saturated heterocycles. The molecular formula is C18H15N3O5S. The lowest BCUT2D eigenvalue weighted by molar-refractivity contribution is -0.383. The third-order valence-electron chi connectivity index (χ3n) is 3.82. The first-order chi connectivity index (χ1) is 12.8. The van der Waals surface area contributed by atoms with Crippen molar-refractivity contribution in [3.63, 3.8) is 0 Å². The van der Waals surface area contributed by atoms with Gasteiger partial charge in [-0.25, -0.2) is 8.42 Å². The molecule has 0 unspecified atom stereocenters. The Morgan fingerprint density at radius 1 is 1.00 bits per heavy atom. The first-order valence-corrected chi connectivity index (χ1v) is 9.33. The molecule has 0 bridgehead atoms. The smallest absolute Gasteiger partial charge is 0.296 e. The van der Waals surface area contributed by atoms with E-state index in [1.807, 2.05) is 0 Å². The molecule has 3 aromatic rings. The van der Waals surface area contributed by atoms with Gasteiger partial charge < -0.3 is 5.32 Å². The number of hydrogen-bond acceptors (Lipinski definition) is 5. The second kappa shape index (κ2) is 7.04. The van der Waals surface area contributed by atoms with Gasteiger partial charge in [-0.1, -0.05) is 42.5 Å². The number of carbonyl (C=O) groups is 1. The van der Waals surface area contributed by atoms with Gasteiger partial charge in [-0.3, -0.25) is 19.6 Å². The van der Waals surface area contributed by atoms with Gasteiger partial charge >= 0.3 is 0 Å². The van der Waals surface area contributed by atoms with E-state index in [0.29, 0.717) is 10.8 Å². The van der Waals surface area contributed by atoms with Crippen molar-refractivity contribution >= 4 is 43.8 Å². The van der Waals surface area contributed by atoms with Crippen molar-refractivity contribution in [1.82, 2.24) is 0 Å². The molecule has 8 nitrogen and oxygen atoms in total. The molecule has 2 N–H and O–H groups in total. The molecule has 0 spiro atoms. The number of benzene rings is 3. The Kier molecular flexibility index (Phi) is 4.78. The molecule has 0 fully saturated rings. The highest BCUT2D eigenvalue weighted by atomic mass is 32.2. The van der Waals surface area contributed by atoms with E-state index < -0.39 is 26.5 Å². The number of rotatable bonds is 5. The quantitative estimate of drug-likeness (QED) is 0.515. The average Bonchev–Trinajstić information content (AvgIpc) is 2.63. The number of fused-ring (bicyclic) bond motifs is 1. The van der Waals surface area contributed by atoms with Crippen LogP contribution in [0, 0.1) is 10.1 Å². The Hall–Kier alpha value is -3.46. The zero-order valence-corrected chi connectivity index (χ0v) is 15.0. The molecule has 1 amide bonds. The second-order valence-corrected chi connectivity index (χ2v) is 7.40. The van der Waals surface area contributed by atoms with Crippen LogP contribution in [0.5, 0.6) is 0 Å². The number of sulfonamides is 1. The van der Waals surface area contributed by atoms with Crippen molar-refractivity contribution < 1.29 is 18.1 Å². The summed E-state index contributed by atoms with van der Waals surface area (Å²) in [6.45, 7) is 1.28. The lowest BCUT2D eigenvalue weighted by atomic mass is 10.1. The summed E-state index contributed by atoms with van der Waals surface area (Å²) in [6.07, 6.45) is 0. The van der Waals surface area contributed by atoms with Gasteiger partial charge in [0.15, 0.2) is 0 Å². The molecular weight excluding hydrogens is 370 g/mol. The summed E-state index contributed by atoms with van der Waals surface area (Å²) in [5, 5.41) is 14.9. The fourth-order valence-electron chi connectivity index (χ4n) is 2.70. The van der Waals surface area contributed by atoms with Gasteiger partial charge in [-0.05, 0) is 12.1 Å². The normalized spacial score (nSPS) is 11.1. The molecule has 0 aromatic heterocycles. The fraction of sp³-hybridized carbons (Fsp3) is 0.0556. The Labute approximate surface area is 155 Å². The predicted molar refractivity (Wildman–Crippen MR) is 102 cm³/mol. The third-order valence-corrected chi connectivity index (χ3v) is 5.19. The lowest BCUT2D eigenvalue weighted by Gasteiger charge is -2.14. The highest BCUT2D eigenvalue weighted by Crippen LogP contribution is 2.39. The summed E-state index contributed by atoms with van der Waals surface area (Å²) in [6, 6.07) is 15.2. The van der Waals surface area contributed by atoms with Gasteiger partial charge in [0.25, 0.3) is 15.7 Å². The number of nitrogens with zero attached hydrogens (tertiary/aromatic N) is 1. The number of nitro groups is 1. The minimum absolute atomic E-state index is 0.0192.